The molecule has 3 aromatic rings. The second-order valence-electron chi connectivity index (χ2n) is 5.68. The standard InChI is InChI=1S/C17H14F3N3O2S2/c1-10-22-13(9-26-10)14-4-3-12(27-14)6-21-15(24)8-23-7-11(17(18,19)20)2-5-16(23)25/h2-5,7,9H,6,8H2,1H3,(H,21,24). The van der Waals surface area contributed by atoms with Crippen molar-refractivity contribution in [2.75, 3.05) is 0 Å². The Morgan fingerprint density at radius 2 is 2.04 bits per heavy atom. The highest BCUT2D eigenvalue weighted by Crippen LogP contribution is 2.29. The number of carbonyl (C=O) groups is 1. The van der Waals surface area contributed by atoms with Crippen LogP contribution in [-0.4, -0.2) is 15.5 Å². The molecule has 0 spiro atoms. The minimum absolute atomic E-state index is 0.223. The van der Waals surface area contributed by atoms with E-state index < -0.39 is 29.8 Å². The summed E-state index contributed by atoms with van der Waals surface area (Å²) in [5.41, 5.74) is -0.776. The first-order chi connectivity index (χ1) is 12.7. The van der Waals surface area contributed by atoms with E-state index in [0.29, 0.717) is 12.3 Å². The zero-order valence-corrected chi connectivity index (χ0v) is 15.7. The molecule has 1 amide bonds. The van der Waals surface area contributed by atoms with Gasteiger partial charge >= 0.3 is 6.18 Å². The Bertz CT molecular complexity index is 1020. The molecule has 0 unspecified atom stereocenters. The van der Waals surface area contributed by atoms with Gasteiger partial charge in [-0.25, -0.2) is 4.98 Å². The molecule has 0 aliphatic carbocycles. The number of hydrogen-bond donors (Lipinski definition) is 1. The van der Waals surface area contributed by atoms with Gasteiger partial charge in [-0.3, -0.25) is 9.59 Å². The van der Waals surface area contributed by atoms with Crippen LogP contribution in [0.25, 0.3) is 10.6 Å². The summed E-state index contributed by atoms with van der Waals surface area (Å²) in [6, 6.07) is 5.25. The third-order valence-corrected chi connectivity index (χ3v) is 5.50. The van der Waals surface area contributed by atoms with Gasteiger partial charge in [-0.1, -0.05) is 0 Å². The van der Waals surface area contributed by atoms with Crippen LogP contribution >= 0.6 is 22.7 Å². The van der Waals surface area contributed by atoms with Gasteiger partial charge in [-0.15, -0.1) is 22.7 Å². The number of thiophene rings is 1. The lowest BCUT2D eigenvalue weighted by Gasteiger charge is -2.10. The van der Waals surface area contributed by atoms with E-state index in [0.717, 1.165) is 31.1 Å². The molecule has 0 saturated heterocycles. The summed E-state index contributed by atoms with van der Waals surface area (Å²) in [4.78, 5) is 29.9. The summed E-state index contributed by atoms with van der Waals surface area (Å²) in [7, 11) is 0. The number of rotatable bonds is 5. The van der Waals surface area contributed by atoms with Crippen molar-refractivity contribution in [2.45, 2.75) is 26.2 Å². The van der Waals surface area contributed by atoms with Crippen molar-refractivity contribution in [2.24, 2.45) is 0 Å². The number of aromatic nitrogens is 2. The van der Waals surface area contributed by atoms with Crippen molar-refractivity contribution in [3.8, 4) is 10.6 Å². The Hall–Kier alpha value is -2.46. The van der Waals surface area contributed by atoms with Gasteiger partial charge in [0.15, 0.2) is 0 Å². The first-order valence-electron chi connectivity index (χ1n) is 7.78. The number of nitrogens with one attached hydrogen (secondary N) is 1. The van der Waals surface area contributed by atoms with Crippen LogP contribution in [0.15, 0.2) is 40.6 Å². The average molecular weight is 413 g/mol. The van der Waals surface area contributed by atoms with E-state index in [2.05, 4.69) is 10.3 Å². The predicted molar refractivity (Wildman–Crippen MR) is 97.7 cm³/mol. The number of thiazole rings is 1. The fraction of sp³-hybridized carbons (Fsp3) is 0.235. The van der Waals surface area contributed by atoms with Gasteiger partial charge in [-0.05, 0) is 25.1 Å². The molecule has 0 bridgehead atoms. The lowest BCUT2D eigenvalue weighted by Crippen LogP contribution is -2.32. The second kappa shape index (κ2) is 7.65. The number of hydrogen-bond acceptors (Lipinski definition) is 5. The summed E-state index contributed by atoms with van der Waals surface area (Å²) < 4.78 is 38.9. The van der Waals surface area contributed by atoms with Crippen molar-refractivity contribution >= 4 is 28.6 Å². The molecular weight excluding hydrogens is 399 g/mol. The van der Waals surface area contributed by atoms with Crippen LogP contribution in [-0.2, 0) is 24.1 Å². The Morgan fingerprint density at radius 1 is 1.26 bits per heavy atom. The van der Waals surface area contributed by atoms with E-state index in [-0.39, 0.29) is 6.54 Å². The fourth-order valence-corrected chi connectivity index (χ4v) is 3.90. The third kappa shape index (κ3) is 4.83. The van der Waals surface area contributed by atoms with Crippen LogP contribution in [0.1, 0.15) is 15.4 Å². The van der Waals surface area contributed by atoms with Gasteiger partial charge in [0.25, 0.3) is 5.56 Å². The highest BCUT2D eigenvalue weighted by atomic mass is 32.1. The Balaban J connectivity index is 1.62. The normalized spacial score (nSPS) is 11.6. The third-order valence-electron chi connectivity index (χ3n) is 3.62. The number of aryl methyl sites for hydroxylation is 1. The molecule has 142 valence electrons. The SMILES string of the molecule is Cc1nc(-c2ccc(CNC(=O)Cn3cc(C(F)(F)F)ccc3=O)s2)cs1. The van der Waals surface area contributed by atoms with E-state index in [1.807, 2.05) is 24.4 Å². The van der Waals surface area contributed by atoms with Crippen LogP contribution in [0.2, 0.25) is 0 Å². The van der Waals surface area contributed by atoms with Crippen LogP contribution in [0, 0.1) is 6.92 Å². The van der Waals surface area contributed by atoms with Gasteiger partial charge in [0.2, 0.25) is 5.91 Å². The van der Waals surface area contributed by atoms with E-state index in [1.54, 1.807) is 11.3 Å². The molecule has 0 aliphatic rings. The molecule has 0 saturated carbocycles. The number of pyridine rings is 1. The summed E-state index contributed by atoms with van der Waals surface area (Å²) in [5.74, 6) is -0.545. The molecule has 5 nitrogen and oxygen atoms in total. The Labute approximate surface area is 160 Å². The summed E-state index contributed by atoms with van der Waals surface area (Å²) in [5, 5.41) is 5.52. The van der Waals surface area contributed by atoms with Crippen molar-refractivity contribution < 1.29 is 18.0 Å². The first-order valence-corrected chi connectivity index (χ1v) is 9.47. The Kier molecular flexibility index (Phi) is 5.47. The average Bonchev–Trinajstić information content (AvgIpc) is 3.22. The van der Waals surface area contributed by atoms with Crippen LogP contribution in [0.5, 0.6) is 0 Å². The molecule has 1 N–H and O–H groups in total. The summed E-state index contributed by atoms with van der Waals surface area (Å²) >= 11 is 3.01. The van der Waals surface area contributed by atoms with Crippen molar-refractivity contribution in [1.82, 2.24) is 14.9 Å². The first kappa shape index (κ1) is 19.3. The molecule has 0 aromatic carbocycles. The number of amides is 1. The van der Waals surface area contributed by atoms with E-state index in [9.17, 15) is 22.8 Å². The van der Waals surface area contributed by atoms with Crippen LogP contribution in [0.4, 0.5) is 13.2 Å². The fourth-order valence-electron chi connectivity index (χ4n) is 2.31. The quantitative estimate of drug-likeness (QED) is 0.694. The monoisotopic (exact) mass is 413 g/mol. The number of nitrogens with zero attached hydrogens (tertiary/aromatic N) is 2. The largest absolute Gasteiger partial charge is 0.417 e. The minimum Gasteiger partial charge on any atom is -0.350 e. The topological polar surface area (TPSA) is 64.0 Å². The molecule has 3 heterocycles. The highest BCUT2D eigenvalue weighted by Gasteiger charge is 2.31. The predicted octanol–water partition coefficient (Wildman–Crippen LogP) is 3.68. The summed E-state index contributed by atoms with van der Waals surface area (Å²) in [6.45, 7) is 1.66. The summed E-state index contributed by atoms with van der Waals surface area (Å²) in [6.07, 6.45) is -3.93. The Morgan fingerprint density at radius 3 is 2.70 bits per heavy atom. The molecule has 3 rings (SSSR count). The van der Waals surface area contributed by atoms with Crippen molar-refractivity contribution in [1.29, 1.82) is 0 Å². The smallest absolute Gasteiger partial charge is 0.350 e. The maximum absolute atomic E-state index is 12.7. The minimum atomic E-state index is -4.58. The van der Waals surface area contributed by atoms with Gasteiger partial charge in [-0.2, -0.15) is 13.2 Å². The maximum atomic E-state index is 12.7. The zero-order chi connectivity index (χ0) is 19.6. The zero-order valence-electron chi connectivity index (χ0n) is 14.0. The van der Waals surface area contributed by atoms with Crippen LogP contribution in [0.3, 0.4) is 0 Å². The molecule has 0 fully saturated rings. The molecule has 0 radical (unpaired) electrons. The molecule has 10 heteroatoms. The second-order valence-corrected chi connectivity index (χ2v) is 7.91. The van der Waals surface area contributed by atoms with E-state index in [4.69, 9.17) is 0 Å². The molecule has 3 aromatic heterocycles. The van der Waals surface area contributed by atoms with Gasteiger partial charge in [0.05, 0.1) is 27.7 Å². The molecule has 27 heavy (non-hydrogen) atoms. The lowest BCUT2D eigenvalue weighted by atomic mass is 10.3. The maximum Gasteiger partial charge on any atom is 0.417 e. The van der Waals surface area contributed by atoms with E-state index in [1.165, 1.54) is 11.3 Å². The molecule has 0 aliphatic heterocycles. The van der Waals surface area contributed by atoms with E-state index >= 15 is 0 Å². The number of alkyl halides is 3. The van der Waals surface area contributed by atoms with Crippen molar-refractivity contribution in [3.05, 3.63) is 61.6 Å². The molecular formula is C17H14F3N3O2S2. The number of halogens is 3. The highest BCUT2D eigenvalue weighted by molar-refractivity contribution is 7.16. The number of carbonyl (C=O) groups excluding carboxylic acids is 1. The molecule has 0 atom stereocenters. The van der Waals surface area contributed by atoms with Gasteiger partial charge < -0.3 is 9.88 Å². The van der Waals surface area contributed by atoms with Gasteiger partial charge in [0, 0.05) is 22.5 Å². The van der Waals surface area contributed by atoms with Crippen LogP contribution < -0.4 is 10.9 Å². The lowest BCUT2D eigenvalue weighted by molar-refractivity contribution is -0.138. The van der Waals surface area contributed by atoms with Crippen molar-refractivity contribution in [3.63, 3.8) is 0 Å². The van der Waals surface area contributed by atoms with Gasteiger partial charge in [0.1, 0.15) is 6.54 Å².